The lowest BCUT2D eigenvalue weighted by molar-refractivity contribution is -0.432. The van der Waals surface area contributed by atoms with E-state index in [2.05, 4.69) is 14.7 Å². The van der Waals surface area contributed by atoms with Crippen LogP contribution in [0.3, 0.4) is 0 Å². The third-order valence-electron chi connectivity index (χ3n) is 1.34. The molecule has 0 fully saturated rings. The van der Waals surface area contributed by atoms with Gasteiger partial charge in [-0.1, -0.05) is 5.04 Å². The van der Waals surface area contributed by atoms with Crippen molar-refractivity contribution in [3.05, 3.63) is 24.3 Å². The summed E-state index contributed by atoms with van der Waals surface area (Å²) in [4.78, 5) is 11.4. The average Bonchev–Trinajstić information content (AvgIpc) is 2.16. The third kappa shape index (κ3) is 3.75. The fourth-order valence-corrected chi connectivity index (χ4v) is 1.21. The molecule has 76 valence electrons. The quantitative estimate of drug-likeness (QED) is 0.457. The molecule has 0 heterocycles. The highest BCUT2D eigenvalue weighted by Crippen LogP contribution is 2.20. The largest absolute Gasteiger partial charge is 0.326 e. The zero-order valence-electron chi connectivity index (χ0n) is 7.39. The van der Waals surface area contributed by atoms with E-state index in [0.29, 0.717) is 5.69 Å². The van der Waals surface area contributed by atoms with Crippen molar-refractivity contribution in [1.29, 1.82) is 0 Å². The van der Waals surface area contributed by atoms with Gasteiger partial charge in [0.2, 0.25) is 5.91 Å². The number of hydrogen-bond donors (Lipinski definition) is 2. The van der Waals surface area contributed by atoms with Gasteiger partial charge in [0.1, 0.15) is 0 Å². The van der Waals surface area contributed by atoms with E-state index in [1.54, 1.807) is 24.3 Å². The molecule has 0 aromatic heterocycles. The van der Waals surface area contributed by atoms with E-state index in [9.17, 15) is 4.79 Å². The summed E-state index contributed by atoms with van der Waals surface area (Å²) in [6.45, 7) is 1.44. The minimum atomic E-state index is -0.125. The molecule has 1 aromatic rings. The van der Waals surface area contributed by atoms with Crippen molar-refractivity contribution >= 4 is 23.6 Å². The minimum Gasteiger partial charge on any atom is -0.326 e. The second-order valence-electron chi connectivity index (χ2n) is 2.43. The summed E-state index contributed by atoms with van der Waals surface area (Å²) in [5.41, 5.74) is 0.701. The van der Waals surface area contributed by atoms with E-state index in [-0.39, 0.29) is 5.91 Å². The van der Waals surface area contributed by atoms with Crippen molar-refractivity contribution in [2.45, 2.75) is 11.8 Å². The van der Waals surface area contributed by atoms with Crippen molar-refractivity contribution in [3.63, 3.8) is 0 Å². The topological polar surface area (TPSA) is 67.8 Å². The van der Waals surface area contributed by atoms with E-state index in [1.165, 1.54) is 6.92 Å². The SMILES string of the molecule is CC(=O)Nc1ccc(SOOO)cc1. The predicted molar refractivity (Wildman–Crippen MR) is 51.4 cm³/mol. The maximum absolute atomic E-state index is 10.7. The first kappa shape index (κ1) is 11.0. The molecule has 2 N–H and O–H groups in total. The summed E-state index contributed by atoms with van der Waals surface area (Å²) < 4.78 is 4.23. The first-order valence-electron chi connectivity index (χ1n) is 3.75. The molecule has 1 amide bonds. The summed E-state index contributed by atoms with van der Waals surface area (Å²) in [5.74, 6) is -0.125. The predicted octanol–water partition coefficient (Wildman–Crippen LogP) is 2.07. The van der Waals surface area contributed by atoms with Crippen LogP contribution in [0.1, 0.15) is 6.92 Å². The Kier molecular flexibility index (Phi) is 4.41. The standard InChI is InChI=1S/C8H9NO4S/c1-6(10)9-7-2-4-8(5-3-7)14-13-12-11/h2-5,11H,1H3,(H,9,10). The summed E-state index contributed by atoms with van der Waals surface area (Å²) in [6, 6.07) is 6.86. The number of hydrogen-bond acceptors (Lipinski definition) is 5. The number of carbonyl (C=O) groups excluding carboxylic acids is 1. The van der Waals surface area contributed by atoms with Crippen LogP contribution in [0.2, 0.25) is 0 Å². The van der Waals surface area contributed by atoms with Gasteiger partial charge in [-0.2, -0.15) is 0 Å². The molecule has 0 atom stereocenters. The van der Waals surface area contributed by atoms with Crippen LogP contribution in [-0.4, -0.2) is 11.2 Å². The Hall–Kier alpha value is -1.08. The molecule has 14 heavy (non-hydrogen) atoms. The molecule has 0 bridgehead atoms. The number of amides is 1. The lowest BCUT2D eigenvalue weighted by atomic mass is 10.3. The summed E-state index contributed by atoms with van der Waals surface area (Å²) in [5, 5.41) is 14.0. The first-order chi connectivity index (χ1) is 6.72. The summed E-state index contributed by atoms with van der Waals surface area (Å²) >= 11 is 0.863. The number of nitrogens with one attached hydrogen (secondary N) is 1. The Morgan fingerprint density at radius 3 is 2.57 bits per heavy atom. The Morgan fingerprint density at radius 1 is 1.43 bits per heavy atom. The average molecular weight is 215 g/mol. The minimum absolute atomic E-state index is 0.125. The van der Waals surface area contributed by atoms with E-state index >= 15 is 0 Å². The zero-order chi connectivity index (χ0) is 10.4. The molecule has 5 nitrogen and oxygen atoms in total. The molecule has 0 saturated carbocycles. The normalized spacial score (nSPS) is 9.86. The van der Waals surface area contributed by atoms with Crippen molar-refractivity contribution in [2.24, 2.45) is 0 Å². The van der Waals surface area contributed by atoms with E-state index in [0.717, 1.165) is 16.9 Å². The van der Waals surface area contributed by atoms with Crippen molar-refractivity contribution in [1.82, 2.24) is 0 Å². The highest BCUT2D eigenvalue weighted by molar-refractivity contribution is 7.94. The highest BCUT2D eigenvalue weighted by Gasteiger charge is 1.97. The van der Waals surface area contributed by atoms with E-state index < -0.39 is 0 Å². The first-order valence-corrected chi connectivity index (χ1v) is 4.49. The number of anilines is 1. The Labute approximate surface area is 85.1 Å². The molecule has 6 heteroatoms. The lowest BCUT2D eigenvalue weighted by Gasteiger charge is -2.02. The fraction of sp³-hybridized carbons (Fsp3) is 0.125. The fourth-order valence-electron chi connectivity index (χ4n) is 0.852. The Morgan fingerprint density at radius 2 is 2.07 bits per heavy atom. The van der Waals surface area contributed by atoms with Gasteiger partial charge in [-0.15, -0.1) is 4.33 Å². The number of carbonyl (C=O) groups is 1. The molecular weight excluding hydrogens is 206 g/mol. The molecule has 1 aromatic carbocycles. The molecular formula is C8H9NO4S. The maximum Gasteiger partial charge on any atom is 0.221 e. The van der Waals surface area contributed by atoms with Crippen LogP contribution in [0.15, 0.2) is 29.2 Å². The van der Waals surface area contributed by atoms with Gasteiger partial charge < -0.3 is 5.32 Å². The van der Waals surface area contributed by atoms with Gasteiger partial charge in [-0.05, 0) is 24.3 Å². The van der Waals surface area contributed by atoms with Crippen molar-refractivity contribution in [3.8, 4) is 0 Å². The van der Waals surface area contributed by atoms with E-state index in [4.69, 9.17) is 5.26 Å². The van der Waals surface area contributed by atoms with Crippen LogP contribution in [0.5, 0.6) is 0 Å². The summed E-state index contributed by atoms with van der Waals surface area (Å²) in [6.07, 6.45) is 0. The van der Waals surface area contributed by atoms with Gasteiger partial charge in [0.05, 0.1) is 12.0 Å². The lowest BCUT2D eigenvalue weighted by Crippen LogP contribution is -2.05. The molecule has 0 radical (unpaired) electrons. The van der Waals surface area contributed by atoms with Crippen LogP contribution in [0.25, 0.3) is 0 Å². The van der Waals surface area contributed by atoms with Gasteiger partial charge in [0, 0.05) is 17.5 Å². The molecule has 0 aliphatic carbocycles. The van der Waals surface area contributed by atoms with Crippen LogP contribution in [0, 0.1) is 0 Å². The molecule has 0 saturated heterocycles. The van der Waals surface area contributed by atoms with Crippen LogP contribution in [0.4, 0.5) is 5.69 Å². The molecule has 0 aliphatic rings. The van der Waals surface area contributed by atoms with Crippen LogP contribution >= 0.6 is 12.0 Å². The molecule has 0 unspecified atom stereocenters. The van der Waals surface area contributed by atoms with Gasteiger partial charge >= 0.3 is 0 Å². The Balaban J connectivity index is 2.54. The third-order valence-corrected chi connectivity index (χ3v) is 1.93. The van der Waals surface area contributed by atoms with Crippen molar-refractivity contribution in [2.75, 3.05) is 5.32 Å². The van der Waals surface area contributed by atoms with Gasteiger partial charge in [0.25, 0.3) is 0 Å². The van der Waals surface area contributed by atoms with Crippen molar-refractivity contribution < 1.29 is 19.4 Å². The second kappa shape index (κ2) is 5.61. The molecule has 1 rings (SSSR count). The Bertz CT molecular complexity index is 301. The van der Waals surface area contributed by atoms with Gasteiger partial charge in [0.15, 0.2) is 0 Å². The van der Waals surface area contributed by atoms with Crippen LogP contribution < -0.4 is 5.32 Å². The van der Waals surface area contributed by atoms with Crippen LogP contribution in [-0.2, 0) is 14.2 Å². The summed E-state index contributed by atoms with van der Waals surface area (Å²) in [7, 11) is 0. The number of benzene rings is 1. The number of rotatable bonds is 4. The maximum atomic E-state index is 10.7. The highest BCUT2D eigenvalue weighted by atomic mass is 32.2. The van der Waals surface area contributed by atoms with E-state index in [1.807, 2.05) is 0 Å². The molecule has 0 aliphatic heterocycles. The smallest absolute Gasteiger partial charge is 0.221 e. The van der Waals surface area contributed by atoms with Gasteiger partial charge in [-0.3, -0.25) is 4.79 Å². The zero-order valence-corrected chi connectivity index (χ0v) is 8.21. The second-order valence-corrected chi connectivity index (χ2v) is 3.21. The van der Waals surface area contributed by atoms with Gasteiger partial charge in [-0.25, -0.2) is 5.26 Å². The monoisotopic (exact) mass is 215 g/mol. The molecule has 0 spiro atoms.